The zero-order valence-corrected chi connectivity index (χ0v) is 20.2. The van der Waals surface area contributed by atoms with E-state index < -0.39 is 24.5 Å². The number of aromatic nitrogens is 4. The molecule has 6 atom stereocenters. The van der Waals surface area contributed by atoms with Gasteiger partial charge in [0.2, 0.25) is 0 Å². The van der Waals surface area contributed by atoms with Gasteiger partial charge in [-0.05, 0) is 42.2 Å². The van der Waals surface area contributed by atoms with Crippen molar-refractivity contribution in [3.63, 3.8) is 0 Å². The van der Waals surface area contributed by atoms with E-state index in [9.17, 15) is 15.3 Å². The number of fused-ring (bicyclic) bond motifs is 1. The number of hydrogen-bond donors (Lipinski definition) is 3. The Kier molecular flexibility index (Phi) is 7.13. The molecule has 3 N–H and O–H groups in total. The molecule has 3 heterocycles. The van der Waals surface area contributed by atoms with Crippen molar-refractivity contribution >= 4 is 11.2 Å². The first-order chi connectivity index (χ1) is 17.0. The lowest BCUT2D eigenvalue weighted by Gasteiger charge is -2.20. The molecular formula is C26H34N4O5. The van der Waals surface area contributed by atoms with E-state index in [4.69, 9.17) is 9.47 Å². The molecule has 5 rings (SSSR count). The number of imidazole rings is 1. The fourth-order valence-corrected chi connectivity index (χ4v) is 5.25. The molecule has 0 amide bonds. The monoisotopic (exact) mass is 482 g/mol. The maximum Gasteiger partial charge on any atom is 0.165 e. The quantitative estimate of drug-likeness (QED) is 0.448. The third-order valence-electron chi connectivity index (χ3n) is 7.38. The smallest absolute Gasteiger partial charge is 0.165 e. The minimum absolute atomic E-state index is 0.160. The summed E-state index contributed by atoms with van der Waals surface area (Å²) in [6.45, 7) is 4.60. The second-order valence-corrected chi connectivity index (χ2v) is 10.0. The van der Waals surface area contributed by atoms with Crippen LogP contribution in [0.5, 0.6) is 0 Å². The first-order valence-electron chi connectivity index (χ1n) is 12.5. The number of nitrogens with zero attached hydrogens (tertiary/aromatic N) is 4. The second-order valence-electron chi connectivity index (χ2n) is 10.0. The van der Waals surface area contributed by atoms with Crippen molar-refractivity contribution in [1.29, 1.82) is 0 Å². The number of benzene rings is 1. The Morgan fingerprint density at radius 1 is 1.09 bits per heavy atom. The predicted molar refractivity (Wildman–Crippen MR) is 128 cm³/mol. The van der Waals surface area contributed by atoms with Crippen LogP contribution < -0.4 is 0 Å². The van der Waals surface area contributed by atoms with Gasteiger partial charge in [-0.1, -0.05) is 44.5 Å². The number of rotatable bonds is 8. The normalized spacial score (nSPS) is 29.0. The van der Waals surface area contributed by atoms with Gasteiger partial charge in [0.25, 0.3) is 0 Å². The van der Waals surface area contributed by atoms with Gasteiger partial charge in [-0.25, -0.2) is 15.0 Å². The molecule has 35 heavy (non-hydrogen) atoms. The van der Waals surface area contributed by atoms with Crippen molar-refractivity contribution < 1.29 is 24.8 Å². The molecule has 1 aliphatic heterocycles. The Balaban J connectivity index is 1.28. The Morgan fingerprint density at radius 3 is 2.60 bits per heavy atom. The molecule has 1 unspecified atom stereocenters. The minimum Gasteiger partial charge on any atom is -0.394 e. The molecule has 3 aromatic rings. The number of aliphatic hydroxyl groups is 3. The molecule has 1 saturated carbocycles. The summed E-state index contributed by atoms with van der Waals surface area (Å²) in [5.74, 6) is 0.851. The zero-order chi connectivity index (χ0) is 24.5. The van der Waals surface area contributed by atoms with Gasteiger partial charge in [-0.3, -0.25) is 4.57 Å². The van der Waals surface area contributed by atoms with Crippen LogP contribution in [0.4, 0.5) is 0 Å². The molecule has 0 radical (unpaired) electrons. The van der Waals surface area contributed by atoms with Gasteiger partial charge >= 0.3 is 0 Å². The largest absolute Gasteiger partial charge is 0.394 e. The van der Waals surface area contributed by atoms with Gasteiger partial charge in [-0.2, -0.15) is 0 Å². The van der Waals surface area contributed by atoms with Gasteiger partial charge in [0.05, 0.1) is 31.3 Å². The van der Waals surface area contributed by atoms with Crippen LogP contribution in [0.1, 0.15) is 62.1 Å². The first-order valence-corrected chi connectivity index (χ1v) is 12.5. The fraction of sp³-hybridized carbons (Fsp3) is 0.577. The van der Waals surface area contributed by atoms with E-state index in [1.807, 2.05) is 0 Å². The number of ether oxygens (including phenoxy) is 2. The van der Waals surface area contributed by atoms with E-state index in [2.05, 4.69) is 53.1 Å². The SMILES string of the molecule is CC(C)c1ccc(CO[C@@H]2CCCC2Cc2ncnc3c2ncn3[C@@H]2O[C@H](CO)[C@@H](O)[C@H]2O)cc1. The molecule has 2 fully saturated rings. The highest BCUT2D eigenvalue weighted by molar-refractivity contribution is 5.73. The third kappa shape index (κ3) is 4.83. The van der Waals surface area contributed by atoms with Crippen molar-refractivity contribution in [3.8, 4) is 0 Å². The zero-order valence-electron chi connectivity index (χ0n) is 20.2. The fourth-order valence-electron chi connectivity index (χ4n) is 5.25. The molecule has 1 saturated heterocycles. The van der Waals surface area contributed by atoms with Crippen molar-refractivity contribution in [2.24, 2.45) is 5.92 Å². The van der Waals surface area contributed by atoms with Crippen molar-refractivity contribution in [3.05, 3.63) is 53.7 Å². The molecule has 0 spiro atoms. The average molecular weight is 483 g/mol. The van der Waals surface area contributed by atoms with E-state index in [0.29, 0.717) is 29.6 Å². The Labute approximate surface area is 204 Å². The predicted octanol–water partition coefficient (Wildman–Crippen LogP) is 2.49. The summed E-state index contributed by atoms with van der Waals surface area (Å²) in [6, 6.07) is 8.65. The first kappa shape index (κ1) is 24.3. The summed E-state index contributed by atoms with van der Waals surface area (Å²) >= 11 is 0. The lowest BCUT2D eigenvalue weighted by molar-refractivity contribution is -0.0511. The summed E-state index contributed by atoms with van der Waals surface area (Å²) < 4.78 is 13.6. The van der Waals surface area contributed by atoms with Crippen LogP contribution in [-0.4, -0.2) is 65.9 Å². The minimum atomic E-state index is -1.19. The van der Waals surface area contributed by atoms with Crippen LogP contribution in [0.15, 0.2) is 36.9 Å². The summed E-state index contributed by atoms with van der Waals surface area (Å²) in [7, 11) is 0. The molecule has 9 heteroatoms. The van der Waals surface area contributed by atoms with Gasteiger partial charge in [0.1, 0.15) is 30.2 Å². The van der Waals surface area contributed by atoms with Crippen molar-refractivity contribution in [2.75, 3.05) is 6.61 Å². The Hall–Kier alpha value is -2.43. The second kappa shape index (κ2) is 10.3. The number of aliphatic hydroxyl groups excluding tert-OH is 3. The molecular weight excluding hydrogens is 448 g/mol. The van der Waals surface area contributed by atoms with E-state index in [1.54, 1.807) is 10.9 Å². The molecule has 2 aliphatic rings. The Bertz CT molecular complexity index is 1130. The molecule has 9 nitrogen and oxygen atoms in total. The van der Waals surface area contributed by atoms with Crippen LogP contribution in [0, 0.1) is 5.92 Å². The topological polar surface area (TPSA) is 123 Å². The van der Waals surface area contributed by atoms with Crippen LogP contribution >= 0.6 is 0 Å². The highest BCUT2D eigenvalue weighted by atomic mass is 16.6. The summed E-state index contributed by atoms with van der Waals surface area (Å²) in [4.78, 5) is 13.4. The van der Waals surface area contributed by atoms with E-state index in [0.717, 1.165) is 31.4 Å². The van der Waals surface area contributed by atoms with Crippen LogP contribution in [-0.2, 0) is 22.5 Å². The van der Waals surface area contributed by atoms with E-state index in [-0.39, 0.29) is 12.7 Å². The summed E-state index contributed by atoms with van der Waals surface area (Å²) in [6.07, 6.45) is 3.05. The van der Waals surface area contributed by atoms with Gasteiger partial charge in [0, 0.05) is 0 Å². The van der Waals surface area contributed by atoms with E-state index in [1.165, 1.54) is 17.5 Å². The molecule has 188 valence electrons. The summed E-state index contributed by atoms with van der Waals surface area (Å²) in [5.41, 5.74) is 4.53. The van der Waals surface area contributed by atoms with Gasteiger partial charge in [-0.15, -0.1) is 0 Å². The molecule has 0 bridgehead atoms. The highest BCUT2D eigenvalue weighted by Crippen LogP contribution is 2.34. The standard InChI is InChI=1S/C26H34N4O5/c1-15(2)17-8-6-16(7-9-17)12-34-20-5-3-4-18(20)10-19-22-25(28-13-27-19)30(14-29-22)26-24(33)23(32)21(11-31)35-26/h6-9,13-15,18,20-21,23-24,26,31-33H,3-5,10-12H2,1-2H3/t18?,20-,21-,23-,24-,26-/m1/s1. The molecule has 1 aliphatic carbocycles. The van der Waals surface area contributed by atoms with Crippen LogP contribution in [0.3, 0.4) is 0 Å². The highest BCUT2D eigenvalue weighted by Gasteiger charge is 2.44. The average Bonchev–Trinajstić information content (AvgIpc) is 3.57. The lowest BCUT2D eigenvalue weighted by Crippen LogP contribution is -2.33. The number of hydrogen-bond acceptors (Lipinski definition) is 8. The maximum atomic E-state index is 10.4. The summed E-state index contributed by atoms with van der Waals surface area (Å²) in [5, 5.41) is 30.0. The van der Waals surface area contributed by atoms with Gasteiger partial charge < -0.3 is 24.8 Å². The van der Waals surface area contributed by atoms with Gasteiger partial charge in [0.15, 0.2) is 11.9 Å². The van der Waals surface area contributed by atoms with Crippen molar-refractivity contribution in [2.45, 2.75) is 82.7 Å². The lowest BCUT2D eigenvalue weighted by atomic mass is 9.98. The maximum absolute atomic E-state index is 10.4. The van der Waals surface area contributed by atoms with Crippen molar-refractivity contribution in [1.82, 2.24) is 19.5 Å². The molecule has 1 aromatic carbocycles. The third-order valence-corrected chi connectivity index (χ3v) is 7.38. The van der Waals surface area contributed by atoms with E-state index >= 15 is 0 Å². The van der Waals surface area contributed by atoms with Crippen LogP contribution in [0.25, 0.3) is 11.2 Å². The Morgan fingerprint density at radius 2 is 1.89 bits per heavy atom. The molecule has 2 aromatic heterocycles. The van der Waals surface area contributed by atoms with Crippen LogP contribution in [0.2, 0.25) is 0 Å².